The number of nitrogens with one attached hydrogen (secondary N) is 3. The van der Waals surface area contributed by atoms with Crippen molar-refractivity contribution in [1.29, 1.82) is 0 Å². The molecule has 0 aromatic carbocycles. The number of carboxylic acids is 1. The van der Waals surface area contributed by atoms with Crippen LogP contribution in [0.25, 0.3) is 22.8 Å². The van der Waals surface area contributed by atoms with Crippen molar-refractivity contribution in [2.75, 3.05) is 26.8 Å². The van der Waals surface area contributed by atoms with Gasteiger partial charge in [-0.15, -0.1) is 10.2 Å². The van der Waals surface area contributed by atoms with Gasteiger partial charge in [0.1, 0.15) is 17.0 Å². The van der Waals surface area contributed by atoms with E-state index in [9.17, 15) is 31.5 Å². The predicted octanol–water partition coefficient (Wildman–Crippen LogP) is 3.71. The molecule has 20 nitrogen and oxygen atoms in total. The van der Waals surface area contributed by atoms with Crippen LogP contribution in [0.3, 0.4) is 0 Å². The molecule has 1 amide bonds. The molecule has 0 aliphatic carbocycles. The minimum absolute atomic E-state index is 0.0533. The summed E-state index contributed by atoms with van der Waals surface area (Å²) in [4.78, 5) is 37.0. The van der Waals surface area contributed by atoms with Crippen LogP contribution in [0.5, 0.6) is 0 Å². The minimum atomic E-state index is -4.20. The molecule has 0 radical (unpaired) electrons. The Hall–Kier alpha value is -5.16. The number of sulfonamides is 2. The first-order valence-corrected chi connectivity index (χ1v) is 19.1. The van der Waals surface area contributed by atoms with Gasteiger partial charge in [-0.05, 0) is 37.3 Å². The van der Waals surface area contributed by atoms with Crippen LogP contribution >= 0.6 is 34.8 Å². The van der Waals surface area contributed by atoms with Gasteiger partial charge in [-0.1, -0.05) is 51.3 Å². The van der Waals surface area contributed by atoms with Gasteiger partial charge in [0.05, 0.1) is 41.3 Å². The zero-order valence-electron chi connectivity index (χ0n) is 26.8. The van der Waals surface area contributed by atoms with Gasteiger partial charge in [-0.3, -0.25) is 14.8 Å². The summed E-state index contributed by atoms with van der Waals surface area (Å²) in [5, 5.41) is 27.5. The summed E-state index contributed by atoms with van der Waals surface area (Å²) in [6, 6.07) is 8.51. The number of ether oxygens (including phenoxy) is 1. The molecule has 0 bridgehead atoms. The van der Waals surface area contributed by atoms with E-state index in [0.29, 0.717) is 5.56 Å². The number of carbonyl (C=O) groups excluding carboxylic acids is 1. The Morgan fingerprint density at radius 2 is 1.52 bits per heavy atom. The quantitative estimate of drug-likeness (QED) is 0.123. The molecule has 0 aliphatic rings. The summed E-state index contributed by atoms with van der Waals surface area (Å²) in [6.45, 7) is 1.14. The number of hydrogen-bond donors (Lipinski definition) is 4. The fraction of sp³-hybridized carbons (Fsp3) is 0.222. The summed E-state index contributed by atoms with van der Waals surface area (Å²) in [7, 11) is -6.37. The normalized spacial score (nSPS) is 12.3. The lowest BCUT2D eigenvalue weighted by molar-refractivity contribution is 0.0684. The average Bonchev–Trinajstić information content (AvgIpc) is 3.65. The molecule has 0 saturated heterocycles. The van der Waals surface area contributed by atoms with Gasteiger partial charge in [-0.2, -0.15) is 0 Å². The maximum absolute atomic E-state index is 13.0. The standard InChI is InChI=1S/C27H25Cl3N12O8S2/c1-13(14-5-4-10-31-22(14)28)50-27(45)34-25-20(36-39-41(25)2)16-7-9-18(24(30)33-16)38-52(48,49)12-11-42-21(26(43)44)19(35-40-42)15-6-8-17(23(29)32-15)37-51(3,46)47/h4-10,13,37-38H,11-12H2,1-3H3,(H,34,45)(H,43,44)/t13-/m1/s1. The van der Waals surface area contributed by atoms with E-state index in [0.717, 1.165) is 10.9 Å². The van der Waals surface area contributed by atoms with Crippen molar-refractivity contribution < 1.29 is 36.3 Å². The summed E-state index contributed by atoms with van der Waals surface area (Å²) >= 11 is 18.5. The zero-order valence-corrected chi connectivity index (χ0v) is 30.7. The number of anilines is 3. The molecule has 25 heteroatoms. The number of aromatic carboxylic acids is 1. The Balaban J connectivity index is 1.27. The number of rotatable bonds is 13. The van der Waals surface area contributed by atoms with Crippen molar-refractivity contribution in [3.05, 3.63) is 69.3 Å². The Kier molecular flexibility index (Phi) is 11.1. The van der Waals surface area contributed by atoms with E-state index in [-0.39, 0.29) is 55.4 Å². The van der Waals surface area contributed by atoms with Crippen LogP contribution in [0.4, 0.5) is 22.0 Å². The van der Waals surface area contributed by atoms with Crippen molar-refractivity contribution >= 4 is 84.1 Å². The van der Waals surface area contributed by atoms with Gasteiger partial charge in [0, 0.05) is 18.8 Å². The van der Waals surface area contributed by atoms with E-state index in [1.54, 1.807) is 19.1 Å². The number of pyridine rings is 3. The smallest absolute Gasteiger partial charge is 0.413 e. The van der Waals surface area contributed by atoms with Crippen LogP contribution in [0.2, 0.25) is 15.5 Å². The zero-order chi connectivity index (χ0) is 38.0. The van der Waals surface area contributed by atoms with Gasteiger partial charge in [0.15, 0.2) is 27.5 Å². The Bertz CT molecular complexity index is 2410. The van der Waals surface area contributed by atoms with E-state index >= 15 is 0 Å². The molecular weight excluding hydrogens is 791 g/mol. The fourth-order valence-corrected chi connectivity index (χ4v) is 6.85. The average molecular weight is 816 g/mol. The predicted molar refractivity (Wildman–Crippen MR) is 188 cm³/mol. The van der Waals surface area contributed by atoms with Crippen molar-refractivity contribution in [3.8, 4) is 22.8 Å². The highest BCUT2D eigenvalue weighted by Crippen LogP contribution is 2.31. The number of halogens is 3. The first-order chi connectivity index (χ1) is 24.4. The largest absolute Gasteiger partial charge is 0.476 e. The van der Waals surface area contributed by atoms with E-state index in [1.165, 1.54) is 42.2 Å². The monoisotopic (exact) mass is 814 g/mol. The van der Waals surface area contributed by atoms with E-state index in [2.05, 4.69) is 50.3 Å². The van der Waals surface area contributed by atoms with E-state index in [1.807, 2.05) is 0 Å². The van der Waals surface area contributed by atoms with Gasteiger partial charge in [-0.25, -0.2) is 50.7 Å². The molecular formula is C27H25Cl3N12O8S2. The van der Waals surface area contributed by atoms with Crippen molar-refractivity contribution in [2.45, 2.75) is 19.6 Å². The van der Waals surface area contributed by atoms with Gasteiger partial charge in [0.25, 0.3) is 0 Å². The summed E-state index contributed by atoms with van der Waals surface area (Å²) in [6.07, 6.45) is 0.790. The third-order valence-corrected chi connectivity index (χ3v) is 9.54. The lowest BCUT2D eigenvalue weighted by atomic mass is 10.2. The molecule has 0 fully saturated rings. The molecule has 5 aromatic rings. The molecule has 4 N–H and O–H groups in total. The molecule has 0 unspecified atom stereocenters. The van der Waals surface area contributed by atoms with E-state index < -0.39 is 56.2 Å². The second-order valence-corrected chi connectivity index (χ2v) is 15.3. The van der Waals surface area contributed by atoms with Crippen LogP contribution in [-0.2, 0) is 38.4 Å². The van der Waals surface area contributed by atoms with Gasteiger partial charge < -0.3 is 9.84 Å². The van der Waals surface area contributed by atoms with Gasteiger partial charge in [0.2, 0.25) is 20.0 Å². The molecule has 5 aromatic heterocycles. The highest BCUT2D eigenvalue weighted by atomic mass is 35.5. The SMILES string of the molecule is C[C@@H](OC(=O)Nc1c(-c2ccc(NS(=O)(=O)CCn3nnc(-c4ccc(NS(C)(=O)=O)c(Cl)n4)c3C(=O)O)c(Cl)n2)nnn1C)c1cccnc1Cl. The van der Waals surface area contributed by atoms with Crippen LogP contribution < -0.4 is 14.8 Å². The third kappa shape index (κ3) is 9.00. The molecule has 0 aliphatic heterocycles. The molecule has 5 rings (SSSR count). The number of aryl methyl sites for hydroxylation is 2. The van der Waals surface area contributed by atoms with Crippen molar-refractivity contribution in [3.63, 3.8) is 0 Å². The first-order valence-electron chi connectivity index (χ1n) is 14.4. The van der Waals surface area contributed by atoms with Gasteiger partial charge >= 0.3 is 12.1 Å². The van der Waals surface area contributed by atoms with Crippen molar-refractivity contribution in [2.24, 2.45) is 7.05 Å². The lowest BCUT2D eigenvalue weighted by Gasteiger charge is -2.15. The molecule has 0 spiro atoms. The number of amides is 1. The van der Waals surface area contributed by atoms with Crippen LogP contribution in [0.1, 0.15) is 29.1 Å². The Morgan fingerprint density at radius 1 is 0.904 bits per heavy atom. The Labute approximate surface area is 309 Å². The summed E-state index contributed by atoms with van der Waals surface area (Å²) in [5.41, 5.74) is -0.288. The van der Waals surface area contributed by atoms with E-state index in [4.69, 9.17) is 39.5 Å². The molecule has 5 heterocycles. The molecule has 274 valence electrons. The number of hydrogen-bond acceptors (Lipinski definition) is 14. The number of nitrogens with zero attached hydrogens (tertiary/aromatic N) is 9. The number of aromatic nitrogens is 9. The lowest BCUT2D eigenvalue weighted by Crippen LogP contribution is -2.23. The highest BCUT2D eigenvalue weighted by Gasteiger charge is 2.26. The highest BCUT2D eigenvalue weighted by molar-refractivity contribution is 7.92. The first kappa shape index (κ1) is 38.1. The minimum Gasteiger partial charge on any atom is -0.476 e. The molecule has 0 saturated carbocycles. The second kappa shape index (κ2) is 15.2. The van der Waals surface area contributed by atoms with Crippen LogP contribution in [-0.4, -0.2) is 91.0 Å². The van der Waals surface area contributed by atoms with Crippen LogP contribution in [0.15, 0.2) is 42.6 Å². The van der Waals surface area contributed by atoms with Crippen molar-refractivity contribution in [1.82, 2.24) is 44.9 Å². The topological polar surface area (TPSA) is 268 Å². The molecule has 1 atom stereocenters. The number of carbonyl (C=O) groups is 2. The molecule has 52 heavy (non-hydrogen) atoms. The number of carboxylic acid groups (broad SMARTS) is 1. The Morgan fingerprint density at radius 3 is 2.12 bits per heavy atom. The van der Waals surface area contributed by atoms with Crippen LogP contribution in [0, 0.1) is 0 Å². The maximum atomic E-state index is 13.0. The summed E-state index contributed by atoms with van der Waals surface area (Å²) in [5.74, 6) is -2.09. The third-order valence-electron chi connectivity index (χ3n) is 6.81. The maximum Gasteiger partial charge on any atom is 0.413 e. The second-order valence-electron chi connectivity index (χ2n) is 10.6. The summed E-state index contributed by atoms with van der Waals surface area (Å²) < 4.78 is 61.1. The fourth-order valence-electron chi connectivity index (χ4n) is 4.48.